The summed E-state index contributed by atoms with van der Waals surface area (Å²) in [5.41, 5.74) is 4.86. The Morgan fingerprint density at radius 3 is 0.615 bits per heavy atom. The number of carboxylic acid groups (broad SMARTS) is 4. The van der Waals surface area contributed by atoms with Crippen LogP contribution >= 0.6 is 0 Å². The van der Waals surface area contributed by atoms with E-state index < -0.39 is 23.9 Å². The second-order valence-electron chi connectivity index (χ2n) is 12.1. The quantitative estimate of drug-likeness (QED) is 0.122. The Morgan fingerprint density at radius 2 is 0.442 bits per heavy atom. The zero-order valence-electron chi connectivity index (χ0n) is 27.3. The molecule has 0 spiro atoms. The van der Waals surface area contributed by atoms with Gasteiger partial charge in [-0.25, -0.2) is 19.2 Å². The molecule has 0 radical (unpaired) electrons. The third kappa shape index (κ3) is 6.05. The molecule has 7 rings (SSSR count). The van der Waals surface area contributed by atoms with Crippen molar-refractivity contribution in [1.82, 2.24) is 0 Å². The highest BCUT2D eigenvalue weighted by molar-refractivity contribution is 6.07. The zero-order chi connectivity index (χ0) is 36.5. The highest BCUT2D eigenvalue weighted by Crippen LogP contribution is 2.29. The normalized spacial score (nSPS) is 10.9. The van der Waals surface area contributed by atoms with Crippen molar-refractivity contribution in [2.45, 2.75) is 0 Å². The van der Waals surface area contributed by atoms with Gasteiger partial charge in [-0.2, -0.15) is 0 Å². The lowest BCUT2D eigenvalue weighted by Crippen LogP contribution is -2.21. The summed E-state index contributed by atoms with van der Waals surface area (Å²) in [6.45, 7) is 0. The summed E-state index contributed by atoms with van der Waals surface area (Å²) in [6, 6.07) is 41.9. The van der Waals surface area contributed by atoms with E-state index in [0.29, 0.717) is 22.3 Å². The highest BCUT2D eigenvalue weighted by atomic mass is 16.4. The van der Waals surface area contributed by atoms with E-state index in [-0.39, 0.29) is 22.3 Å². The van der Waals surface area contributed by atoms with Crippen molar-refractivity contribution in [2.24, 2.45) is 0 Å². The van der Waals surface area contributed by atoms with Gasteiger partial charge in [0.25, 0.3) is 0 Å². The van der Waals surface area contributed by atoms with Crippen molar-refractivity contribution in [3.8, 4) is 0 Å². The summed E-state index contributed by atoms with van der Waals surface area (Å²) in [5.74, 6) is -4.24. The number of rotatable bonds is 8. The summed E-state index contributed by atoms with van der Waals surface area (Å²) < 4.78 is 0. The maximum absolute atomic E-state index is 11.8. The number of benzene rings is 7. The highest BCUT2D eigenvalue weighted by Gasteiger charge is 2.18. The summed E-state index contributed by atoms with van der Waals surface area (Å²) in [5, 5.41) is 43.6. The molecule has 0 saturated carbocycles. The molecule has 8 nitrogen and oxygen atoms in total. The average molecular weight is 685 g/mol. The lowest BCUT2D eigenvalue weighted by molar-refractivity contribution is 0.0686. The molecule has 52 heavy (non-hydrogen) atoms. The molecule has 0 unspecified atom stereocenters. The van der Waals surface area contributed by atoms with Crippen LogP contribution in [0, 0.1) is 0 Å². The van der Waals surface area contributed by atoms with Gasteiger partial charge in [-0.15, -0.1) is 0 Å². The first-order chi connectivity index (χ1) is 25.1. The molecule has 0 atom stereocenters. The first kappa shape index (κ1) is 33.2. The van der Waals surface area contributed by atoms with Crippen LogP contribution in [0.5, 0.6) is 0 Å². The molecule has 0 aromatic heterocycles. The first-order valence-electron chi connectivity index (χ1n) is 16.2. The number of carboxylic acids is 4. The van der Waals surface area contributed by atoms with Gasteiger partial charge in [0.2, 0.25) is 0 Å². The van der Waals surface area contributed by atoms with Crippen LogP contribution in [0.15, 0.2) is 146 Å². The van der Waals surface area contributed by atoms with Crippen LogP contribution in [0.4, 0.5) is 0 Å². The van der Waals surface area contributed by atoms with Crippen LogP contribution in [0.3, 0.4) is 0 Å². The van der Waals surface area contributed by atoms with Crippen LogP contribution in [0.2, 0.25) is 0 Å². The average Bonchev–Trinajstić information content (AvgIpc) is 3.16. The smallest absolute Gasteiger partial charge is 0.335 e. The third-order valence-electron chi connectivity index (χ3n) is 9.11. The second-order valence-corrected chi connectivity index (χ2v) is 12.1. The van der Waals surface area contributed by atoms with Gasteiger partial charge in [0.15, 0.2) is 0 Å². The molecule has 0 fully saturated rings. The number of aromatic carboxylic acids is 4. The Morgan fingerprint density at radius 1 is 0.269 bits per heavy atom. The lowest BCUT2D eigenvalue weighted by atomic mass is 9.86. The Kier molecular flexibility index (Phi) is 8.64. The molecule has 0 amide bonds. The number of fused-ring (bicyclic) bond motifs is 2. The van der Waals surface area contributed by atoms with Gasteiger partial charge < -0.3 is 20.4 Å². The van der Waals surface area contributed by atoms with E-state index in [1.54, 1.807) is 48.5 Å². The molecule has 0 aliphatic heterocycles. The van der Waals surface area contributed by atoms with E-state index >= 15 is 0 Å². The first-order valence-corrected chi connectivity index (χ1v) is 16.2. The monoisotopic (exact) mass is 684 g/mol. The molecular formula is C44H28O8. The van der Waals surface area contributed by atoms with Gasteiger partial charge in [0, 0.05) is 0 Å². The van der Waals surface area contributed by atoms with Gasteiger partial charge in [0.1, 0.15) is 0 Å². The van der Waals surface area contributed by atoms with Crippen LogP contribution in [-0.2, 0) is 0 Å². The second kappa shape index (κ2) is 13.5. The minimum absolute atomic E-state index is 0.122. The van der Waals surface area contributed by atoms with Crippen LogP contribution < -0.4 is 10.4 Å². The fraction of sp³-hybridized carbons (Fsp3) is 0. The van der Waals surface area contributed by atoms with Crippen LogP contribution in [0.25, 0.3) is 32.7 Å². The number of hydrogen-bond acceptors (Lipinski definition) is 4. The molecule has 7 aromatic carbocycles. The van der Waals surface area contributed by atoms with Gasteiger partial charge in [-0.1, -0.05) is 97.1 Å². The van der Waals surface area contributed by atoms with E-state index in [9.17, 15) is 39.6 Å². The molecule has 7 aromatic rings. The molecule has 0 aliphatic carbocycles. The predicted octanol–water partition coefficient (Wildman–Crippen LogP) is 7.28. The maximum atomic E-state index is 11.8. The summed E-state index contributed by atoms with van der Waals surface area (Å²) in [7, 11) is 0. The standard InChI is InChI=1S/C44H28O8/c45-41(46)29-17-9-25(10-18-29)37(26-11-19-30(20-12-26)42(47)48)39-33-5-1-2-6-34(33)40(36-8-4-3-7-35(36)39)38(27-13-21-31(22-14-27)43(49)50)28-15-23-32(24-16-28)44(51)52/h1-24H,(H,45,46)(H,47,48)(H,49,50)(H,51,52). The van der Waals surface area contributed by atoms with Gasteiger partial charge in [-0.3, -0.25) is 0 Å². The van der Waals surface area contributed by atoms with Gasteiger partial charge >= 0.3 is 23.9 Å². The maximum Gasteiger partial charge on any atom is 0.335 e. The fourth-order valence-electron chi connectivity index (χ4n) is 6.70. The predicted molar refractivity (Wildman–Crippen MR) is 198 cm³/mol. The molecule has 252 valence electrons. The largest absolute Gasteiger partial charge is 0.478 e. The molecule has 4 N–H and O–H groups in total. The summed E-state index contributed by atoms with van der Waals surface area (Å²) in [4.78, 5) is 47.2. The van der Waals surface area contributed by atoms with Gasteiger partial charge in [-0.05, 0) is 114 Å². The van der Waals surface area contributed by atoms with Crippen molar-refractivity contribution in [3.63, 3.8) is 0 Å². The van der Waals surface area contributed by atoms with E-state index in [0.717, 1.165) is 43.1 Å². The van der Waals surface area contributed by atoms with Crippen molar-refractivity contribution in [2.75, 3.05) is 0 Å². The molecule has 0 heterocycles. The van der Waals surface area contributed by atoms with E-state index in [4.69, 9.17) is 0 Å². The van der Waals surface area contributed by atoms with Gasteiger partial charge in [0.05, 0.1) is 22.3 Å². The Bertz CT molecular complexity index is 2320. The van der Waals surface area contributed by atoms with Crippen LogP contribution in [0.1, 0.15) is 63.7 Å². The van der Waals surface area contributed by atoms with E-state index in [1.807, 2.05) is 48.5 Å². The SMILES string of the molecule is O=C(O)c1ccc(C(c2ccc(C(=O)O)cc2)=c2c3ccccc3c(=C(c3ccc(C(=O)O)cc3)c3ccc(C(=O)O)cc3)c3ccccc23)cc1. The molecule has 8 heteroatoms. The van der Waals surface area contributed by atoms with E-state index in [2.05, 4.69) is 0 Å². The Labute approximate surface area is 296 Å². The summed E-state index contributed by atoms with van der Waals surface area (Å²) in [6.07, 6.45) is 0. The number of hydrogen-bond donors (Lipinski definition) is 4. The Balaban J connectivity index is 1.71. The van der Waals surface area contributed by atoms with E-state index in [1.165, 1.54) is 48.5 Å². The third-order valence-corrected chi connectivity index (χ3v) is 9.11. The fourth-order valence-corrected chi connectivity index (χ4v) is 6.70. The minimum Gasteiger partial charge on any atom is -0.478 e. The number of carbonyl (C=O) groups is 4. The zero-order valence-corrected chi connectivity index (χ0v) is 27.3. The molecule has 0 bridgehead atoms. The lowest BCUT2D eigenvalue weighted by Gasteiger charge is -2.17. The Hall–Kier alpha value is -7.32. The van der Waals surface area contributed by atoms with Crippen molar-refractivity contribution in [1.29, 1.82) is 0 Å². The molecule has 0 saturated heterocycles. The van der Waals surface area contributed by atoms with Crippen molar-refractivity contribution in [3.05, 3.63) is 201 Å². The molecule has 0 aliphatic rings. The molecular weight excluding hydrogens is 656 g/mol. The topological polar surface area (TPSA) is 149 Å². The minimum atomic E-state index is -1.06. The van der Waals surface area contributed by atoms with Crippen molar-refractivity contribution >= 4 is 56.6 Å². The van der Waals surface area contributed by atoms with Crippen LogP contribution in [-0.4, -0.2) is 44.3 Å². The van der Waals surface area contributed by atoms with Crippen molar-refractivity contribution < 1.29 is 39.6 Å². The summed E-state index contributed by atoms with van der Waals surface area (Å²) >= 11 is 0.